The Morgan fingerprint density at radius 1 is 1.67 bits per heavy atom. The number of oxime groups is 1. The topological polar surface area (TPSA) is 71.5 Å². The highest BCUT2D eigenvalue weighted by molar-refractivity contribution is 7.99. The number of rotatable bonds is 4. The van der Waals surface area contributed by atoms with E-state index in [2.05, 4.69) is 24.0 Å². The molecule has 0 saturated heterocycles. The summed E-state index contributed by atoms with van der Waals surface area (Å²) in [5.41, 5.74) is 6.23. The van der Waals surface area contributed by atoms with E-state index in [0.29, 0.717) is 11.5 Å². The van der Waals surface area contributed by atoms with Crippen LogP contribution < -0.4 is 5.73 Å². The molecule has 0 bridgehead atoms. The van der Waals surface area contributed by atoms with Crippen LogP contribution in [0.4, 0.5) is 0 Å². The molecule has 1 aromatic rings. The minimum atomic E-state index is 0.106. The van der Waals surface area contributed by atoms with E-state index in [1.54, 1.807) is 30.1 Å². The van der Waals surface area contributed by atoms with Crippen LogP contribution in [0, 0.1) is 5.92 Å². The van der Waals surface area contributed by atoms with E-state index in [1.165, 1.54) is 0 Å². The number of aromatic nitrogens is 1. The van der Waals surface area contributed by atoms with Crippen molar-refractivity contribution in [2.24, 2.45) is 16.8 Å². The van der Waals surface area contributed by atoms with Gasteiger partial charge < -0.3 is 10.9 Å². The molecular formula is C10H15N3OS. The molecule has 0 unspecified atom stereocenters. The lowest BCUT2D eigenvalue weighted by Gasteiger charge is -2.07. The highest BCUT2D eigenvalue weighted by Gasteiger charge is 2.08. The molecule has 0 aliphatic rings. The first-order chi connectivity index (χ1) is 7.15. The van der Waals surface area contributed by atoms with Gasteiger partial charge >= 0.3 is 0 Å². The molecule has 0 atom stereocenters. The largest absolute Gasteiger partial charge is 0.409 e. The summed E-state index contributed by atoms with van der Waals surface area (Å²) in [6.45, 7) is 4.28. The van der Waals surface area contributed by atoms with E-state index in [4.69, 9.17) is 10.9 Å². The van der Waals surface area contributed by atoms with Crippen molar-refractivity contribution in [3.05, 3.63) is 23.9 Å². The van der Waals surface area contributed by atoms with E-state index >= 15 is 0 Å². The molecule has 0 amide bonds. The third-order valence-corrected chi connectivity index (χ3v) is 3.14. The van der Waals surface area contributed by atoms with E-state index < -0.39 is 0 Å². The lowest BCUT2D eigenvalue weighted by molar-refractivity contribution is 0.318. The van der Waals surface area contributed by atoms with Gasteiger partial charge in [0.05, 0.1) is 5.56 Å². The predicted octanol–water partition coefficient (Wildman–Crippen LogP) is 1.92. The molecule has 15 heavy (non-hydrogen) atoms. The summed E-state index contributed by atoms with van der Waals surface area (Å²) in [5, 5.41) is 12.4. The molecule has 0 fully saturated rings. The number of thioether (sulfide) groups is 1. The molecule has 0 aliphatic heterocycles. The van der Waals surface area contributed by atoms with Gasteiger partial charge in [-0.2, -0.15) is 0 Å². The number of nitrogens with zero attached hydrogens (tertiary/aromatic N) is 2. The number of hydrogen-bond donors (Lipinski definition) is 2. The Morgan fingerprint density at radius 2 is 2.40 bits per heavy atom. The molecule has 0 saturated carbocycles. The monoisotopic (exact) mass is 225 g/mol. The Hall–Kier alpha value is -1.23. The van der Waals surface area contributed by atoms with Crippen LogP contribution in [0.15, 0.2) is 28.5 Å². The summed E-state index contributed by atoms with van der Waals surface area (Å²) in [6.07, 6.45) is 1.71. The smallest absolute Gasteiger partial charge is 0.172 e. The zero-order valence-corrected chi connectivity index (χ0v) is 9.66. The molecule has 1 heterocycles. The van der Waals surface area contributed by atoms with Gasteiger partial charge in [-0.1, -0.05) is 19.0 Å². The molecule has 1 rings (SSSR count). The molecule has 0 aromatic carbocycles. The molecule has 4 nitrogen and oxygen atoms in total. The van der Waals surface area contributed by atoms with Crippen LogP contribution >= 0.6 is 11.8 Å². The number of pyridine rings is 1. The third kappa shape index (κ3) is 3.43. The molecule has 0 aliphatic carbocycles. The third-order valence-electron chi connectivity index (χ3n) is 1.71. The SMILES string of the molecule is CC(C)CSc1ncccc1/C(N)=N/O. The highest BCUT2D eigenvalue weighted by atomic mass is 32.2. The quantitative estimate of drug-likeness (QED) is 0.270. The Morgan fingerprint density at radius 3 is 3.00 bits per heavy atom. The van der Waals surface area contributed by atoms with Crippen LogP contribution in [-0.2, 0) is 0 Å². The molecule has 0 radical (unpaired) electrons. The van der Waals surface area contributed by atoms with Crippen LogP contribution in [0.1, 0.15) is 19.4 Å². The first-order valence-electron chi connectivity index (χ1n) is 4.71. The van der Waals surface area contributed by atoms with Gasteiger partial charge in [0, 0.05) is 11.9 Å². The van der Waals surface area contributed by atoms with Gasteiger partial charge in [-0.3, -0.25) is 0 Å². The fourth-order valence-corrected chi connectivity index (χ4v) is 1.95. The van der Waals surface area contributed by atoms with E-state index in [-0.39, 0.29) is 5.84 Å². The van der Waals surface area contributed by atoms with Gasteiger partial charge in [-0.25, -0.2) is 4.98 Å². The Balaban J connectivity index is 2.87. The van der Waals surface area contributed by atoms with Crippen molar-refractivity contribution in [1.82, 2.24) is 4.98 Å². The van der Waals surface area contributed by atoms with Gasteiger partial charge in [-0.05, 0) is 18.1 Å². The van der Waals surface area contributed by atoms with Gasteiger partial charge in [0.15, 0.2) is 5.84 Å². The van der Waals surface area contributed by atoms with Crippen LogP contribution in [0.3, 0.4) is 0 Å². The molecule has 0 spiro atoms. The second-order valence-electron chi connectivity index (χ2n) is 3.55. The van der Waals surface area contributed by atoms with Crippen molar-refractivity contribution in [1.29, 1.82) is 0 Å². The number of amidine groups is 1. The normalized spacial score (nSPS) is 12.1. The predicted molar refractivity (Wildman–Crippen MR) is 62.3 cm³/mol. The Kier molecular flexibility index (Phi) is 4.42. The Bertz CT molecular complexity index is 352. The zero-order chi connectivity index (χ0) is 11.3. The fraction of sp³-hybridized carbons (Fsp3) is 0.400. The van der Waals surface area contributed by atoms with Gasteiger partial charge in [-0.15, -0.1) is 11.8 Å². The molecule has 1 aromatic heterocycles. The van der Waals surface area contributed by atoms with Crippen molar-refractivity contribution in [3.8, 4) is 0 Å². The summed E-state index contributed by atoms with van der Waals surface area (Å²) >= 11 is 1.62. The van der Waals surface area contributed by atoms with Crippen molar-refractivity contribution >= 4 is 17.6 Å². The summed E-state index contributed by atoms with van der Waals surface area (Å²) in [6, 6.07) is 3.57. The number of hydrogen-bond acceptors (Lipinski definition) is 4. The summed E-state index contributed by atoms with van der Waals surface area (Å²) in [7, 11) is 0. The van der Waals surface area contributed by atoms with Crippen LogP contribution in [0.25, 0.3) is 0 Å². The van der Waals surface area contributed by atoms with Crippen LogP contribution in [0.2, 0.25) is 0 Å². The van der Waals surface area contributed by atoms with E-state index in [1.807, 2.05) is 0 Å². The fourth-order valence-electron chi connectivity index (χ4n) is 1.00. The average Bonchev–Trinajstić information content (AvgIpc) is 2.25. The summed E-state index contributed by atoms with van der Waals surface area (Å²) < 4.78 is 0. The van der Waals surface area contributed by atoms with E-state index in [9.17, 15) is 0 Å². The maximum atomic E-state index is 8.62. The average molecular weight is 225 g/mol. The summed E-state index contributed by atoms with van der Waals surface area (Å²) in [4.78, 5) is 4.21. The lowest BCUT2D eigenvalue weighted by Crippen LogP contribution is -2.15. The molecule has 3 N–H and O–H groups in total. The maximum absolute atomic E-state index is 8.62. The molecule has 5 heteroatoms. The first-order valence-corrected chi connectivity index (χ1v) is 5.69. The van der Waals surface area contributed by atoms with Gasteiger partial charge in [0.2, 0.25) is 0 Å². The Labute approximate surface area is 93.6 Å². The minimum Gasteiger partial charge on any atom is -0.409 e. The standard InChI is InChI=1S/C10H15N3OS/c1-7(2)6-15-10-8(9(11)13-14)4-3-5-12-10/h3-5,7,14H,6H2,1-2H3,(H2,11,13). The van der Waals surface area contributed by atoms with Gasteiger partial charge in [0.25, 0.3) is 0 Å². The summed E-state index contributed by atoms with van der Waals surface area (Å²) in [5.74, 6) is 1.65. The van der Waals surface area contributed by atoms with Crippen molar-refractivity contribution in [2.75, 3.05) is 5.75 Å². The van der Waals surface area contributed by atoms with Crippen molar-refractivity contribution < 1.29 is 5.21 Å². The van der Waals surface area contributed by atoms with E-state index in [0.717, 1.165) is 10.8 Å². The zero-order valence-electron chi connectivity index (χ0n) is 8.84. The molecular weight excluding hydrogens is 210 g/mol. The second-order valence-corrected chi connectivity index (χ2v) is 4.55. The van der Waals surface area contributed by atoms with Crippen molar-refractivity contribution in [3.63, 3.8) is 0 Å². The van der Waals surface area contributed by atoms with Crippen LogP contribution in [-0.4, -0.2) is 21.8 Å². The minimum absolute atomic E-state index is 0.106. The molecule has 82 valence electrons. The van der Waals surface area contributed by atoms with Crippen molar-refractivity contribution in [2.45, 2.75) is 18.9 Å². The first kappa shape index (κ1) is 11.8. The highest BCUT2D eigenvalue weighted by Crippen LogP contribution is 2.21. The maximum Gasteiger partial charge on any atom is 0.172 e. The van der Waals surface area contributed by atoms with Crippen LogP contribution in [0.5, 0.6) is 0 Å². The second kappa shape index (κ2) is 5.60. The lowest BCUT2D eigenvalue weighted by atomic mass is 10.3. The van der Waals surface area contributed by atoms with Gasteiger partial charge in [0.1, 0.15) is 5.03 Å². The number of nitrogens with two attached hydrogens (primary N) is 1.